The molecule has 2 aliphatic rings. The Morgan fingerprint density at radius 2 is 1.85 bits per heavy atom. The standard InChI is InChI=1S/C20H33N3O3/c1-5-8-11-23-14(4)17(20(26)22(6-2)7-3)12-15(19(23)25)13-18(24)21-16-9-10-16/h15-16H,5-13H2,1-4H3,(H,21,24). The van der Waals surface area contributed by atoms with E-state index in [1.165, 1.54) is 0 Å². The number of hydrogen-bond acceptors (Lipinski definition) is 3. The molecule has 2 rings (SSSR count). The van der Waals surface area contributed by atoms with Gasteiger partial charge >= 0.3 is 0 Å². The lowest BCUT2D eigenvalue weighted by Gasteiger charge is -2.36. The molecule has 26 heavy (non-hydrogen) atoms. The number of nitrogens with zero attached hydrogens (tertiary/aromatic N) is 2. The molecular weight excluding hydrogens is 330 g/mol. The van der Waals surface area contributed by atoms with Gasteiger partial charge in [0.15, 0.2) is 0 Å². The van der Waals surface area contributed by atoms with Crippen LogP contribution in [0.25, 0.3) is 0 Å². The Hall–Kier alpha value is -1.85. The molecule has 3 amide bonds. The average Bonchev–Trinajstić information content (AvgIpc) is 3.42. The summed E-state index contributed by atoms with van der Waals surface area (Å²) in [6.07, 6.45) is 4.44. The zero-order valence-electron chi connectivity index (χ0n) is 16.6. The maximum Gasteiger partial charge on any atom is 0.251 e. The maximum atomic E-state index is 12.9. The van der Waals surface area contributed by atoms with Gasteiger partial charge in [0, 0.05) is 43.4 Å². The fraction of sp³-hybridized carbons (Fsp3) is 0.750. The summed E-state index contributed by atoms with van der Waals surface area (Å²) in [4.78, 5) is 41.6. The van der Waals surface area contributed by atoms with Crippen LogP contribution in [0, 0.1) is 5.92 Å². The summed E-state index contributed by atoms with van der Waals surface area (Å²) in [6, 6.07) is 0.284. The summed E-state index contributed by atoms with van der Waals surface area (Å²) < 4.78 is 0. The fourth-order valence-electron chi connectivity index (χ4n) is 3.47. The normalized spacial score (nSPS) is 20.4. The van der Waals surface area contributed by atoms with Gasteiger partial charge in [-0.25, -0.2) is 0 Å². The van der Waals surface area contributed by atoms with Crippen molar-refractivity contribution in [2.75, 3.05) is 19.6 Å². The molecule has 1 heterocycles. The van der Waals surface area contributed by atoms with E-state index in [0.29, 0.717) is 31.6 Å². The molecule has 146 valence electrons. The van der Waals surface area contributed by atoms with Gasteiger partial charge < -0.3 is 15.1 Å². The number of nitrogens with one attached hydrogen (secondary N) is 1. The van der Waals surface area contributed by atoms with E-state index in [1.54, 1.807) is 9.80 Å². The highest BCUT2D eigenvalue weighted by Crippen LogP contribution is 2.31. The lowest BCUT2D eigenvalue weighted by molar-refractivity contribution is -0.138. The van der Waals surface area contributed by atoms with Crippen LogP contribution in [0.5, 0.6) is 0 Å². The minimum absolute atomic E-state index is 0.00546. The predicted molar refractivity (Wildman–Crippen MR) is 101 cm³/mol. The average molecular weight is 364 g/mol. The van der Waals surface area contributed by atoms with Gasteiger partial charge in [-0.05, 0) is 46.5 Å². The van der Waals surface area contributed by atoms with Crippen molar-refractivity contribution in [3.05, 3.63) is 11.3 Å². The first kappa shape index (κ1) is 20.5. The van der Waals surface area contributed by atoms with Crippen molar-refractivity contribution in [2.45, 2.75) is 72.3 Å². The van der Waals surface area contributed by atoms with E-state index in [-0.39, 0.29) is 30.2 Å². The Kier molecular flexibility index (Phi) is 7.23. The first-order chi connectivity index (χ1) is 12.4. The Labute approximate surface area is 157 Å². The van der Waals surface area contributed by atoms with Crippen molar-refractivity contribution in [3.8, 4) is 0 Å². The monoisotopic (exact) mass is 363 g/mol. The molecule has 1 aliphatic carbocycles. The number of likely N-dealkylation sites (N-methyl/N-ethyl adjacent to an activating group) is 1. The van der Waals surface area contributed by atoms with Gasteiger partial charge in [0.2, 0.25) is 11.8 Å². The highest BCUT2D eigenvalue weighted by atomic mass is 16.2. The van der Waals surface area contributed by atoms with Crippen molar-refractivity contribution in [1.82, 2.24) is 15.1 Å². The SMILES string of the molecule is CCCCN1C(=O)C(CC(=O)NC2CC2)CC(C(=O)N(CC)CC)=C1C. The van der Waals surface area contributed by atoms with E-state index in [9.17, 15) is 14.4 Å². The Morgan fingerprint density at radius 1 is 1.19 bits per heavy atom. The van der Waals surface area contributed by atoms with E-state index in [4.69, 9.17) is 0 Å². The molecule has 1 N–H and O–H groups in total. The van der Waals surface area contributed by atoms with Gasteiger partial charge in [-0.2, -0.15) is 0 Å². The van der Waals surface area contributed by atoms with Gasteiger partial charge in [-0.15, -0.1) is 0 Å². The van der Waals surface area contributed by atoms with Gasteiger partial charge in [-0.1, -0.05) is 13.3 Å². The number of unbranched alkanes of at least 4 members (excludes halogenated alkanes) is 1. The van der Waals surface area contributed by atoms with E-state index >= 15 is 0 Å². The summed E-state index contributed by atoms with van der Waals surface area (Å²) in [5.41, 5.74) is 1.45. The van der Waals surface area contributed by atoms with Gasteiger partial charge in [0.1, 0.15) is 0 Å². The molecule has 1 atom stereocenters. The molecule has 0 aromatic carbocycles. The topological polar surface area (TPSA) is 69.7 Å². The van der Waals surface area contributed by atoms with Crippen LogP contribution in [-0.2, 0) is 14.4 Å². The third-order valence-electron chi connectivity index (χ3n) is 5.33. The second-order valence-corrected chi connectivity index (χ2v) is 7.33. The second-order valence-electron chi connectivity index (χ2n) is 7.33. The molecule has 1 aliphatic heterocycles. The zero-order valence-corrected chi connectivity index (χ0v) is 16.6. The number of carbonyl (C=O) groups excluding carboxylic acids is 3. The summed E-state index contributed by atoms with van der Waals surface area (Å²) in [5.74, 6) is -0.536. The zero-order chi connectivity index (χ0) is 19.3. The molecule has 0 spiro atoms. The molecule has 0 saturated heterocycles. The molecule has 6 heteroatoms. The summed E-state index contributed by atoms with van der Waals surface area (Å²) in [7, 11) is 0. The van der Waals surface area contributed by atoms with Crippen LogP contribution in [0.3, 0.4) is 0 Å². The van der Waals surface area contributed by atoms with Crippen LogP contribution in [0.1, 0.15) is 66.2 Å². The molecule has 0 aromatic heterocycles. The molecule has 0 aromatic rings. The molecule has 6 nitrogen and oxygen atoms in total. The van der Waals surface area contributed by atoms with E-state index in [2.05, 4.69) is 12.2 Å². The molecular formula is C20H33N3O3. The van der Waals surface area contributed by atoms with Crippen LogP contribution in [0.4, 0.5) is 0 Å². The Bertz CT molecular complexity index is 577. The van der Waals surface area contributed by atoms with E-state index in [1.807, 2.05) is 20.8 Å². The number of rotatable bonds is 9. The Balaban J connectivity index is 2.21. The maximum absolute atomic E-state index is 12.9. The van der Waals surface area contributed by atoms with Crippen LogP contribution >= 0.6 is 0 Å². The molecule has 1 saturated carbocycles. The van der Waals surface area contributed by atoms with Gasteiger partial charge in [0.05, 0.1) is 5.92 Å². The summed E-state index contributed by atoms with van der Waals surface area (Å²) >= 11 is 0. The highest BCUT2D eigenvalue weighted by Gasteiger charge is 2.37. The minimum Gasteiger partial charge on any atom is -0.353 e. The van der Waals surface area contributed by atoms with Crippen LogP contribution in [-0.4, -0.2) is 53.2 Å². The van der Waals surface area contributed by atoms with Crippen LogP contribution in [0.15, 0.2) is 11.3 Å². The van der Waals surface area contributed by atoms with Crippen molar-refractivity contribution in [3.63, 3.8) is 0 Å². The quantitative estimate of drug-likeness (QED) is 0.684. The van der Waals surface area contributed by atoms with Crippen molar-refractivity contribution in [1.29, 1.82) is 0 Å². The molecule has 1 fully saturated rings. The molecule has 0 bridgehead atoms. The third-order valence-corrected chi connectivity index (χ3v) is 5.33. The predicted octanol–water partition coefficient (Wildman–Crippen LogP) is 2.45. The van der Waals surface area contributed by atoms with Crippen molar-refractivity contribution in [2.24, 2.45) is 5.92 Å². The Morgan fingerprint density at radius 3 is 2.38 bits per heavy atom. The number of hydrogen-bond donors (Lipinski definition) is 1. The number of allylic oxidation sites excluding steroid dienone is 1. The second kappa shape index (κ2) is 9.19. The lowest BCUT2D eigenvalue weighted by atomic mass is 9.88. The molecule has 0 radical (unpaired) electrons. The summed E-state index contributed by atoms with van der Waals surface area (Å²) in [5, 5.41) is 2.96. The largest absolute Gasteiger partial charge is 0.353 e. The van der Waals surface area contributed by atoms with Crippen molar-refractivity contribution < 1.29 is 14.4 Å². The van der Waals surface area contributed by atoms with Gasteiger partial charge in [0.25, 0.3) is 5.91 Å². The lowest BCUT2D eigenvalue weighted by Crippen LogP contribution is -2.45. The van der Waals surface area contributed by atoms with Gasteiger partial charge in [-0.3, -0.25) is 14.4 Å². The van der Waals surface area contributed by atoms with Crippen molar-refractivity contribution >= 4 is 17.7 Å². The third kappa shape index (κ3) is 4.86. The first-order valence-corrected chi connectivity index (χ1v) is 10.0. The minimum atomic E-state index is -0.441. The summed E-state index contributed by atoms with van der Waals surface area (Å²) in [6.45, 7) is 9.75. The fourth-order valence-corrected chi connectivity index (χ4v) is 3.47. The van der Waals surface area contributed by atoms with Crippen LogP contribution in [0.2, 0.25) is 0 Å². The smallest absolute Gasteiger partial charge is 0.251 e. The van der Waals surface area contributed by atoms with Crippen LogP contribution < -0.4 is 5.32 Å². The number of carbonyl (C=O) groups is 3. The van der Waals surface area contributed by atoms with E-state index < -0.39 is 5.92 Å². The van der Waals surface area contributed by atoms with E-state index in [0.717, 1.165) is 31.4 Å². The number of amides is 3. The highest BCUT2D eigenvalue weighted by molar-refractivity contribution is 5.98. The first-order valence-electron chi connectivity index (χ1n) is 10.0. The molecule has 1 unspecified atom stereocenters.